The van der Waals surface area contributed by atoms with Gasteiger partial charge in [0.1, 0.15) is 0 Å². The molecular formula is C16H22N2O3. The van der Waals surface area contributed by atoms with Crippen molar-refractivity contribution >= 4 is 17.3 Å². The van der Waals surface area contributed by atoms with Crippen LogP contribution >= 0.6 is 0 Å². The van der Waals surface area contributed by atoms with Gasteiger partial charge >= 0.3 is 0 Å². The lowest BCUT2D eigenvalue weighted by Crippen LogP contribution is -2.24. The summed E-state index contributed by atoms with van der Waals surface area (Å²) in [7, 11) is 0. The van der Waals surface area contributed by atoms with Crippen molar-refractivity contribution in [3.8, 4) is 11.5 Å². The molecule has 1 fully saturated rings. The van der Waals surface area contributed by atoms with Crippen LogP contribution in [0.4, 0.5) is 11.4 Å². The Morgan fingerprint density at radius 3 is 2.38 bits per heavy atom. The summed E-state index contributed by atoms with van der Waals surface area (Å²) in [6.45, 7) is 0.203. The predicted octanol–water partition coefficient (Wildman–Crippen LogP) is 3.30. The molecule has 0 spiro atoms. The molecule has 114 valence electrons. The van der Waals surface area contributed by atoms with E-state index in [1.165, 1.54) is 19.3 Å². The molecule has 1 aromatic rings. The number of nitrogens with two attached hydrogens (primary N) is 1. The van der Waals surface area contributed by atoms with Gasteiger partial charge in [-0.1, -0.05) is 32.1 Å². The SMILES string of the molecule is Nc1cc2c(cc1NC(=O)C1CCCCCCC1)OCO2. The lowest BCUT2D eigenvalue weighted by Gasteiger charge is -2.19. The minimum absolute atomic E-state index is 0.0717. The fraction of sp³-hybridized carbons (Fsp3) is 0.562. The zero-order chi connectivity index (χ0) is 14.7. The van der Waals surface area contributed by atoms with E-state index in [1.807, 2.05) is 0 Å². The van der Waals surface area contributed by atoms with Crippen LogP contribution in [0.15, 0.2) is 12.1 Å². The number of benzene rings is 1. The smallest absolute Gasteiger partial charge is 0.231 e. The third-order valence-corrected chi connectivity index (χ3v) is 4.28. The maximum Gasteiger partial charge on any atom is 0.231 e. The second-order valence-corrected chi connectivity index (χ2v) is 5.82. The monoisotopic (exact) mass is 290 g/mol. The van der Waals surface area contributed by atoms with Crippen LogP contribution in [0.5, 0.6) is 11.5 Å². The van der Waals surface area contributed by atoms with E-state index in [4.69, 9.17) is 15.2 Å². The lowest BCUT2D eigenvalue weighted by molar-refractivity contribution is -0.120. The lowest BCUT2D eigenvalue weighted by atomic mass is 9.90. The number of nitrogen functional groups attached to an aromatic ring is 1. The Morgan fingerprint density at radius 1 is 1.05 bits per heavy atom. The van der Waals surface area contributed by atoms with Gasteiger partial charge in [0, 0.05) is 18.1 Å². The highest BCUT2D eigenvalue weighted by Crippen LogP contribution is 2.38. The summed E-state index contributed by atoms with van der Waals surface area (Å²) >= 11 is 0. The summed E-state index contributed by atoms with van der Waals surface area (Å²) in [6.07, 6.45) is 7.96. The summed E-state index contributed by atoms with van der Waals surface area (Å²) in [5.74, 6) is 1.44. The fourth-order valence-corrected chi connectivity index (χ4v) is 3.02. The number of hydrogen-bond acceptors (Lipinski definition) is 4. The Balaban J connectivity index is 1.69. The molecule has 1 amide bonds. The molecule has 5 heteroatoms. The van der Waals surface area contributed by atoms with Crippen LogP contribution in [0.1, 0.15) is 44.9 Å². The second-order valence-electron chi connectivity index (χ2n) is 5.82. The zero-order valence-corrected chi connectivity index (χ0v) is 12.2. The van der Waals surface area contributed by atoms with E-state index in [0.29, 0.717) is 22.9 Å². The van der Waals surface area contributed by atoms with Crippen molar-refractivity contribution in [2.24, 2.45) is 5.92 Å². The number of ether oxygens (including phenoxy) is 2. The van der Waals surface area contributed by atoms with Crippen LogP contribution in [0.3, 0.4) is 0 Å². The third-order valence-electron chi connectivity index (χ3n) is 4.28. The van der Waals surface area contributed by atoms with Crippen molar-refractivity contribution in [1.82, 2.24) is 0 Å². The van der Waals surface area contributed by atoms with Gasteiger partial charge in [-0.15, -0.1) is 0 Å². The molecule has 3 rings (SSSR count). The average Bonchev–Trinajstić information content (AvgIpc) is 2.85. The molecule has 1 heterocycles. The molecule has 1 aliphatic heterocycles. The highest BCUT2D eigenvalue weighted by atomic mass is 16.7. The van der Waals surface area contributed by atoms with Crippen molar-refractivity contribution in [2.45, 2.75) is 44.9 Å². The Hall–Kier alpha value is -1.91. The van der Waals surface area contributed by atoms with Gasteiger partial charge in [-0.25, -0.2) is 0 Å². The van der Waals surface area contributed by atoms with Crippen LogP contribution in [0, 0.1) is 5.92 Å². The van der Waals surface area contributed by atoms with E-state index in [2.05, 4.69) is 5.32 Å². The van der Waals surface area contributed by atoms with Gasteiger partial charge in [0.25, 0.3) is 0 Å². The van der Waals surface area contributed by atoms with E-state index >= 15 is 0 Å². The van der Waals surface area contributed by atoms with Crippen LogP contribution in [-0.2, 0) is 4.79 Å². The molecule has 3 N–H and O–H groups in total. The fourth-order valence-electron chi connectivity index (χ4n) is 3.02. The molecule has 0 atom stereocenters. The Labute approximate surface area is 124 Å². The predicted molar refractivity (Wildman–Crippen MR) is 81.4 cm³/mol. The number of carbonyl (C=O) groups is 1. The molecule has 0 unspecified atom stereocenters. The molecule has 0 aromatic heterocycles. The Bertz CT molecular complexity index is 522. The number of anilines is 2. The molecule has 1 aliphatic carbocycles. The number of nitrogens with one attached hydrogen (secondary N) is 1. The topological polar surface area (TPSA) is 73.6 Å². The standard InChI is InChI=1S/C16H22N2O3/c17-12-8-14-15(21-10-20-14)9-13(12)18-16(19)11-6-4-2-1-3-5-7-11/h8-9,11H,1-7,10,17H2,(H,18,19). The van der Waals surface area contributed by atoms with Crippen LogP contribution in [-0.4, -0.2) is 12.7 Å². The summed E-state index contributed by atoms with van der Waals surface area (Å²) in [4.78, 5) is 12.4. The Kier molecular flexibility index (Phi) is 4.18. The second kappa shape index (κ2) is 6.24. The van der Waals surface area contributed by atoms with E-state index in [1.54, 1.807) is 12.1 Å². The first kappa shape index (κ1) is 14.0. The van der Waals surface area contributed by atoms with E-state index in [9.17, 15) is 4.79 Å². The highest BCUT2D eigenvalue weighted by molar-refractivity contribution is 5.96. The van der Waals surface area contributed by atoms with Crippen LogP contribution in [0.2, 0.25) is 0 Å². The van der Waals surface area contributed by atoms with Gasteiger partial charge in [0.2, 0.25) is 12.7 Å². The van der Waals surface area contributed by atoms with Gasteiger partial charge in [0.05, 0.1) is 11.4 Å². The molecule has 1 aromatic carbocycles. The van der Waals surface area contributed by atoms with Gasteiger partial charge in [-0.05, 0) is 12.8 Å². The number of fused-ring (bicyclic) bond motifs is 1. The van der Waals surface area contributed by atoms with Gasteiger partial charge < -0.3 is 20.5 Å². The van der Waals surface area contributed by atoms with Gasteiger partial charge in [-0.3, -0.25) is 4.79 Å². The Morgan fingerprint density at radius 2 is 1.67 bits per heavy atom. The zero-order valence-electron chi connectivity index (χ0n) is 12.2. The molecule has 5 nitrogen and oxygen atoms in total. The summed E-state index contributed by atoms with van der Waals surface area (Å²) < 4.78 is 10.6. The van der Waals surface area contributed by atoms with Crippen molar-refractivity contribution in [3.63, 3.8) is 0 Å². The number of amides is 1. The van der Waals surface area contributed by atoms with Crippen LogP contribution < -0.4 is 20.5 Å². The minimum Gasteiger partial charge on any atom is -0.454 e. The molecule has 21 heavy (non-hydrogen) atoms. The summed E-state index contributed by atoms with van der Waals surface area (Å²) in [5.41, 5.74) is 7.11. The van der Waals surface area contributed by atoms with Crippen molar-refractivity contribution < 1.29 is 14.3 Å². The third kappa shape index (κ3) is 3.23. The summed E-state index contributed by atoms with van der Waals surface area (Å²) in [5, 5.41) is 2.96. The summed E-state index contributed by atoms with van der Waals surface area (Å²) in [6, 6.07) is 3.45. The largest absolute Gasteiger partial charge is 0.454 e. The van der Waals surface area contributed by atoms with Crippen molar-refractivity contribution in [3.05, 3.63) is 12.1 Å². The quantitative estimate of drug-likeness (QED) is 0.820. The maximum atomic E-state index is 12.4. The first-order chi connectivity index (χ1) is 10.2. The van der Waals surface area contributed by atoms with E-state index in [-0.39, 0.29) is 18.6 Å². The molecular weight excluding hydrogens is 268 g/mol. The molecule has 0 bridgehead atoms. The number of carbonyl (C=O) groups excluding carboxylic acids is 1. The van der Waals surface area contributed by atoms with E-state index < -0.39 is 0 Å². The normalized spacial score (nSPS) is 18.9. The number of rotatable bonds is 2. The first-order valence-corrected chi connectivity index (χ1v) is 7.74. The van der Waals surface area contributed by atoms with Gasteiger partial charge in [0.15, 0.2) is 11.5 Å². The minimum atomic E-state index is 0.0717. The average molecular weight is 290 g/mol. The van der Waals surface area contributed by atoms with Crippen molar-refractivity contribution in [2.75, 3.05) is 17.8 Å². The highest BCUT2D eigenvalue weighted by Gasteiger charge is 2.22. The van der Waals surface area contributed by atoms with Crippen LogP contribution in [0.25, 0.3) is 0 Å². The van der Waals surface area contributed by atoms with E-state index in [0.717, 1.165) is 25.7 Å². The first-order valence-electron chi connectivity index (χ1n) is 7.74. The number of hydrogen-bond donors (Lipinski definition) is 2. The molecule has 2 aliphatic rings. The van der Waals surface area contributed by atoms with Crippen molar-refractivity contribution in [1.29, 1.82) is 0 Å². The molecule has 1 saturated carbocycles. The molecule has 0 saturated heterocycles. The maximum absolute atomic E-state index is 12.4. The molecule has 0 radical (unpaired) electrons. The van der Waals surface area contributed by atoms with Gasteiger partial charge in [-0.2, -0.15) is 0 Å².